The molecule has 0 spiro atoms. The van der Waals surface area contributed by atoms with Crippen LogP contribution in [0.3, 0.4) is 0 Å². The fraction of sp³-hybridized carbons (Fsp3) is 0.833. The van der Waals surface area contributed by atoms with Gasteiger partial charge in [-0.15, -0.1) is 0 Å². The van der Waals surface area contributed by atoms with Gasteiger partial charge in [-0.05, 0) is 36.7 Å². The number of carbonyl (C=O) groups excluding carboxylic acids is 1. The minimum atomic E-state index is 0.0208. The molecular weight excluding hydrogens is 180 g/mol. The van der Waals surface area contributed by atoms with Crippen LogP contribution in [0.15, 0.2) is 0 Å². The van der Waals surface area contributed by atoms with E-state index in [1.165, 1.54) is 23.9 Å². The van der Waals surface area contributed by atoms with Crippen LogP contribution < -0.4 is 5.32 Å². The van der Waals surface area contributed by atoms with Gasteiger partial charge in [-0.25, -0.2) is 8.51 Å². The third-order valence-electron chi connectivity index (χ3n) is 1.40. The maximum atomic E-state index is 11.2. The summed E-state index contributed by atoms with van der Waals surface area (Å²) in [6.07, 6.45) is 6.07. The van der Waals surface area contributed by atoms with Crippen LogP contribution in [-0.2, 0) is 0 Å². The molecule has 1 rings (SSSR count). The molecule has 1 aliphatic rings. The molecule has 0 bridgehead atoms. The number of rotatable bonds is 3. The largest absolute Gasteiger partial charge is 0.338 e. The molecule has 0 atom stereocenters. The summed E-state index contributed by atoms with van der Waals surface area (Å²) in [7, 11) is 0. The highest BCUT2D eigenvalue weighted by atomic mass is 32.2. The van der Waals surface area contributed by atoms with E-state index in [0.717, 1.165) is 12.8 Å². The van der Waals surface area contributed by atoms with Crippen LogP contribution in [0.5, 0.6) is 0 Å². The normalized spacial score (nSPS) is 16.2. The second kappa shape index (κ2) is 4.11. The van der Waals surface area contributed by atoms with Gasteiger partial charge in [0.25, 0.3) is 0 Å². The fourth-order valence-corrected chi connectivity index (χ4v) is 1.73. The highest BCUT2D eigenvalue weighted by Crippen LogP contribution is 2.22. The molecule has 64 valence electrons. The average molecular weight is 192 g/mol. The molecule has 0 aliphatic heterocycles. The van der Waals surface area contributed by atoms with Gasteiger partial charge >= 0.3 is 6.03 Å². The molecule has 1 saturated carbocycles. The van der Waals surface area contributed by atoms with Gasteiger partial charge in [-0.2, -0.15) is 0 Å². The quantitative estimate of drug-likeness (QED) is 0.691. The molecule has 1 fully saturated rings. The lowest BCUT2D eigenvalue weighted by molar-refractivity contribution is 0.238. The highest BCUT2D eigenvalue weighted by molar-refractivity contribution is 8.12. The standard InChI is InChI=1S/C6H12N2OS2/c1-10-8(11-2)6(9)7-5-3-4-5/h5H,3-4H2,1-2H3,(H,7,9). The lowest BCUT2D eigenvalue weighted by Crippen LogP contribution is -2.32. The number of urea groups is 1. The van der Waals surface area contributed by atoms with Crippen molar-refractivity contribution >= 4 is 29.9 Å². The van der Waals surface area contributed by atoms with Gasteiger partial charge in [0.2, 0.25) is 0 Å². The van der Waals surface area contributed by atoms with Crippen LogP contribution in [0.1, 0.15) is 12.8 Å². The molecule has 3 nitrogen and oxygen atoms in total. The van der Waals surface area contributed by atoms with Crippen molar-refractivity contribution < 1.29 is 4.79 Å². The molecule has 0 saturated heterocycles. The topological polar surface area (TPSA) is 32.3 Å². The highest BCUT2D eigenvalue weighted by Gasteiger charge is 2.25. The summed E-state index contributed by atoms with van der Waals surface area (Å²) in [6.45, 7) is 0. The van der Waals surface area contributed by atoms with Gasteiger partial charge in [0.15, 0.2) is 0 Å². The third kappa shape index (κ3) is 2.83. The number of nitrogens with zero attached hydrogens (tertiary/aromatic N) is 1. The third-order valence-corrected chi connectivity index (χ3v) is 3.29. The van der Waals surface area contributed by atoms with Gasteiger partial charge in [-0.1, -0.05) is 0 Å². The van der Waals surface area contributed by atoms with Crippen molar-refractivity contribution in [1.29, 1.82) is 0 Å². The Morgan fingerprint density at radius 3 is 2.36 bits per heavy atom. The molecule has 1 aliphatic carbocycles. The maximum absolute atomic E-state index is 11.2. The van der Waals surface area contributed by atoms with Crippen molar-refractivity contribution in [2.45, 2.75) is 18.9 Å². The summed E-state index contributed by atoms with van der Waals surface area (Å²) < 4.78 is 1.64. The van der Waals surface area contributed by atoms with E-state index in [1.807, 2.05) is 12.5 Å². The van der Waals surface area contributed by atoms with Crippen LogP contribution in [0, 0.1) is 0 Å². The second-order valence-electron chi connectivity index (χ2n) is 2.35. The first-order valence-electron chi connectivity index (χ1n) is 3.46. The van der Waals surface area contributed by atoms with E-state index in [0.29, 0.717) is 6.04 Å². The molecule has 0 aromatic rings. The number of carbonyl (C=O) groups is 1. The van der Waals surface area contributed by atoms with E-state index in [-0.39, 0.29) is 6.03 Å². The number of nitrogens with one attached hydrogen (secondary N) is 1. The molecule has 0 aromatic carbocycles. The molecule has 5 heteroatoms. The van der Waals surface area contributed by atoms with E-state index in [9.17, 15) is 4.79 Å². The van der Waals surface area contributed by atoms with Gasteiger partial charge in [0.05, 0.1) is 0 Å². The fourth-order valence-electron chi connectivity index (χ4n) is 0.695. The molecule has 1 N–H and O–H groups in total. The molecule has 0 unspecified atom stereocenters. The van der Waals surface area contributed by atoms with Gasteiger partial charge in [0.1, 0.15) is 0 Å². The van der Waals surface area contributed by atoms with Crippen molar-refractivity contribution in [3.63, 3.8) is 0 Å². The van der Waals surface area contributed by atoms with Crippen molar-refractivity contribution in [3.8, 4) is 0 Å². The van der Waals surface area contributed by atoms with Crippen LogP contribution in [-0.4, -0.2) is 28.3 Å². The van der Waals surface area contributed by atoms with E-state index >= 15 is 0 Å². The zero-order chi connectivity index (χ0) is 8.27. The van der Waals surface area contributed by atoms with E-state index in [1.54, 1.807) is 3.71 Å². The predicted octanol–water partition coefficient (Wildman–Crippen LogP) is 1.72. The van der Waals surface area contributed by atoms with E-state index in [4.69, 9.17) is 0 Å². The second-order valence-corrected chi connectivity index (χ2v) is 4.04. The van der Waals surface area contributed by atoms with Gasteiger partial charge < -0.3 is 5.32 Å². The first kappa shape index (κ1) is 9.06. The predicted molar refractivity (Wildman–Crippen MR) is 50.4 cm³/mol. The SMILES string of the molecule is CSN(SC)C(=O)NC1CC1. The monoisotopic (exact) mass is 192 g/mol. The smallest absolute Gasteiger partial charge is 0.334 e. The summed E-state index contributed by atoms with van der Waals surface area (Å²) in [5.74, 6) is 0. The lowest BCUT2D eigenvalue weighted by atomic mass is 10.7. The Morgan fingerprint density at radius 2 is 2.00 bits per heavy atom. The minimum absolute atomic E-state index is 0.0208. The summed E-state index contributed by atoms with van der Waals surface area (Å²) in [4.78, 5) is 11.2. The Kier molecular flexibility index (Phi) is 3.39. The summed E-state index contributed by atoms with van der Waals surface area (Å²) in [5.41, 5.74) is 0. The maximum Gasteiger partial charge on any atom is 0.338 e. The number of amides is 2. The van der Waals surface area contributed by atoms with Gasteiger partial charge in [-0.3, -0.25) is 0 Å². The molecule has 0 radical (unpaired) electrons. The average Bonchev–Trinajstić information content (AvgIpc) is 2.74. The Morgan fingerprint density at radius 1 is 1.45 bits per heavy atom. The van der Waals surface area contributed by atoms with Crippen LogP contribution in [0.25, 0.3) is 0 Å². The first-order valence-corrected chi connectivity index (χ1v) is 5.83. The Labute approximate surface area is 75.5 Å². The van der Waals surface area contributed by atoms with Crippen molar-refractivity contribution in [3.05, 3.63) is 0 Å². The first-order chi connectivity index (χ1) is 5.27. The molecule has 11 heavy (non-hydrogen) atoms. The van der Waals surface area contributed by atoms with Crippen LogP contribution in [0.4, 0.5) is 4.79 Å². The molecule has 0 aromatic heterocycles. The minimum Gasteiger partial charge on any atom is -0.334 e. The van der Waals surface area contributed by atoms with Crippen LogP contribution in [0.2, 0.25) is 0 Å². The van der Waals surface area contributed by atoms with E-state index < -0.39 is 0 Å². The van der Waals surface area contributed by atoms with Crippen molar-refractivity contribution in [2.24, 2.45) is 0 Å². The van der Waals surface area contributed by atoms with Crippen molar-refractivity contribution in [1.82, 2.24) is 9.03 Å². The number of hydrogen-bond acceptors (Lipinski definition) is 3. The number of hydrogen-bond donors (Lipinski definition) is 1. The Hall–Kier alpha value is -0.0300. The zero-order valence-corrected chi connectivity index (χ0v) is 8.30. The molecule has 0 heterocycles. The summed E-state index contributed by atoms with van der Waals surface area (Å²) >= 11 is 2.86. The van der Waals surface area contributed by atoms with Crippen molar-refractivity contribution in [2.75, 3.05) is 12.5 Å². The van der Waals surface area contributed by atoms with Crippen LogP contribution >= 0.6 is 23.9 Å². The Balaban J connectivity index is 2.24. The molecular formula is C6H12N2OS2. The zero-order valence-electron chi connectivity index (χ0n) is 6.66. The summed E-state index contributed by atoms with van der Waals surface area (Å²) in [5, 5.41) is 2.90. The van der Waals surface area contributed by atoms with E-state index in [2.05, 4.69) is 5.32 Å². The summed E-state index contributed by atoms with van der Waals surface area (Å²) in [6, 6.07) is 0.469. The lowest BCUT2D eigenvalue weighted by Gasteiger charge is -2.15. The molecule has 2 amide bonds. The Bertz CT molecular complexity index is 146. The van der Waals surface area contributed by atoms with Gasteiger partial charge in [0, 0.05) is 18.6 Å².